The molecule has 1 saturated heterocycles. The Labute approximate surface area is 123 Å². The topological polar surface area (TPSA) is 63.1 Å². The molecule has 0 aromatic carbocycles. The summed E-state index contributed by atoms with van der Waals surface area (Å²) in [5.74, 6) is 0.00960. The molecule has 6 nitrogen and oxygen atoms in total. The predicted molar refractivity (Wildman–Crippen MR) is 79.7 cm³/mol. The minimum absolute atomic E-state index is 0.00960. The molecule has 110 valence electrons. The SMILES string of the molecule is O=C(CN1CCC[C@H]1Cn1cccn1)Nc1cccnc1. The van der Waals surface area contributed by atoms with Gasteiger partial charge >= 0.3 is 0 Å². The summed E-state index contributed by atoms with van der Waals surface area (Å²) in [5.41, 5.74) is 0.741. The van der Waals surface area contributed by atoms with Gasteiger partial charge in [-0.25, -0.2) is 0 Å². The van der Waals surface area contributed by atoms with Crippen molar-refractivity contribution in [2.75, 3.05) is 18.4 Å². The Morgan fingerprint density at radius 2 is 2.33 bits per heavy atom. The second-order valence-electron chi connectivity index (χ2n) is 5.28. The predicted octanol–water partition coefficient (Wildman–Crippen LogP) is 1.38. The summed E-state index contributed by atoms with van der Waals surface area (Å²) in [5, 5.41) is 7.12. The lowest BCUT2D eigenvalue weighted by Crippen LogP contribution is -2.39. The average Bonchev–Trinajstić information content (AvgIpc) is 3.13. The number of nitrogens with one attached hydrogen (secondary N) is 1. The second kappa shape index (κ2) is 6.49. The first kappa shape index (κ1) is 13.8. The number of carbonyl (C=O) groups is 1. The van der Waals surface area contributed by atoms with Crippen molar-refractivity contribution in [3.8, 4) is 0 Å². The molecule has 1 fully saturated rings. The van der Waals surface area contributed by atoms with E-state index in [9.17, 15) is 4.79 Å². The van der Waals surface area contributed by atoms with Gasteiger partial charge in [-0.3, -0.25) is 19.4 Å². The van der Waals surface area contributed by atoms with E-state index in [1.165, 1.54) is 0 Å². The van der Waals surface area contributed by atoms with Crippen molar-refractivity contribution in [2.45, 2.75) is 25.4 Å². The number of carbonyl (C=O) groups excluding carboxylic acids is 1. The lowest BCUT2D eigenvalue weighted by Gasteiger charge is -2.23. The number of hydrogen-bond donors (Lipinski definition) is 1. The number of amides is 1. The van der Waals surface area contributed by atoms with Crippen LogP contribution < -0.4 is 5.32 Å². The molecule has 21 heavy (non-hydrogen) atoms. The third kappa shape index (κ3) is 3.66. The summed E-state index contributed by atoms with van der Waals surface area (Å²) in [6, 6.07) is 5.96. The van der Waals surface area contributed by atoms with Crippen molar-refractivity contribution < 1.29 is 4.79 Å². The maximum absolute atomic E-state index is 12.1. The van der Waals surface area contributed by atoms with E-state index >= 15 is 0 Å². The van der Waals surface area contributed by atoms with E-state index in [1.807, 2.05) is 29.1 Å². The first-order valence-electron chi connectivity index (χ1n) is 7.22. The molecule has 0 bridgehead atoms. The van der Waals surface area contributed by atoms with Crippen molar-refractivity contribution in [1.82, 2.24) is 19.7 Å². The molecule has 1 N–H and O–H groups in total. The summed E-state index contributed by atoms with van der Waals surface area (Å²) < 4.78 is 1.93. The number of anilines is 1. The molecule has 3 heterocycles. The van der Waals surface area contributed by atoms with Crippen LogP contribution in [0.2, 0.25) is 0 Å². The third-order valence-corrected chi connectivity index (χ3v) is 3.75. The van der Waals surface area contributed by atoms with E-state index in [2.05, 4.69) is 20.3 Å². The van der Waals surface area contributed by atoms with Gasteiger partial charge < -0.3 is 5.32 Å². The molecule has 1 aliphatic rings. The lowest BCUT2D eigenvalue weighted by atomic mass is 10.2. The molecule has 1 amide bonds. The molecular weight excluding hydrogens is 266 g/mol. The van der Waals surface area contributed by atoms with Gasteiger partial charge in [0.25, 0.3) is 0 Å². The molecule has 0 spiro atoms. The number of rotatable bonds is 5. The normalized spacial score (nSPS) is 18.8. The van der Waals surface area contributed by atoms with Crippen LogP contribution in [0.1, 0.15) is 12.8 Å². The highest BCUT2D eigenvalue weighted by Gasteiger charge is 2.26. The molecule has 3 rings (SSSR count). The van der Waals surface area contributed by atoms with E-state index in [4.69, 9.17) is 0 Å². The van der Waals surface area contributed by atoms with Crippen LogP contribution >= 0.6 is 0 Å². The highest BCUT2D eigenvalue weighted by atomic mass is 16.2. The Kier molecular flexibility index (Phi) is 4.25. The fourth-order valence-corrected chi connectivity index (χ4v) is 2.76. The van der Waals surface area contributed by atoms with Crippen LogP contribution in [0.15, 0.2) is 43.0 Å². The molecule has 0 saturated carbocycles. The van der Waals surface area contributed by atoms with Crippen LogP contribution in [0.25, 0.3) is 0 Å². The summed E-state index contributed by atoms with van der Waals surface area (Å²) >= 11 is 0. The van der Waals surface area contributed by atoms with Crippen LogP contribution in [-0.2, 0) is 11.3 Å². The largest absolute Gasteiger partial charge is 0.324 e. The molecule has 0 aliphatic carbocycles. The quantitative estimate of drug-likeness (QED) is 0.901. The van der Waals surface area contributed by atoms with Crippen LogP contribution in [-0.4, -0.2) is 44.7 Å². The van der Waals surface area contributed by atoms with Crippen molar-refractivity contribution in [1.29, 1.82) is 0 Å². The Bertz CT molecular complexity index is 569. The van der Waals surface area contributed by atoms with Crippen molar-refractivity contribution in [2.24, 2.45) is 0 Å². The standard InChI is InChI=1S/C15H19N5O/c21-15(18-13-4-1-6-16-10-13)12-19-8-2-5-14(19)11-20-9-3-7-17-20/h1,3-4,6-7,9-10,14H,2,5,8,11-12H2,(H,18,21)/t14-/m0/s1. The summed E-state index contributed by atoms with van der Waals surface area (Å²) in [6.45, 7) is 2.22. The fraction of sp³-hybridized carbons (Fsp3) is 0.400. The van der Waals surface area contributed by atoms with Gasteiger partial charge in [-0.05, 0) is 37.6 Å². The Hall–Kier alpha value is -2.21. The molecule has 2 aromatic heterocycles. The molecule has 0 radical (unpaired) electrons. The Morgan fingerprint density at radius 3 is 3.10 bits per heavy atom. The van der Waals surface area contributed by atoms with E-state index in [1.54, 1.807) is 18.6 Å². The number of aromatic nitrogens is 3. The molecule has 2 aromatic rings. The summed E-state index contributed by atoms with van der Waals surface area (Å²) in [4.78, 5) is 18.3. The average molecular weight is 285 g/mol. The minimum atomic E-state index is 0.00960. The molecule has 1 aliphatic heterocycles. The van der Waals surface area contributed by atoms with Crippen molar-refractivity contribution >= 4 is 11.6 Å². The number of hydrogen-bond acceptors (Lipinski definition) is 4. The van der Waals surface area contributed by atoms with Gasteiger partial charge in [0.1, 0.15) is 0 Å². The number of pyridine rings is 1. The van der Waals surface area contributed by atoms with Gasteiger partial charge in [-0.1, -0.05) is 0 Å². The Balaban J connectivity index is 1.54. The zero-order valence-electron chi connectivity index (χ0n) is 11.9. The second-order valence-corrected chi connectivity index (χ2v) is 5.28. The highest BCUT2D eigenvalue weighted by Crippen LogP contribution is 2.18. The Morgan fingerprint density at radius 1 is 1.38 bits per heavy atom. The molecular formula is C15H19N5O. The van der Waals surface area contributed by atoms with Gasteiger partial charge in [0.2, 0.25) is 5.91 Å². The van der Waals surface area contributed by atoms with Crippen molar-refractivity contribution in [3.63, 3.8) is 0 Å². The number of nitrogens with zero attached hydrogens (tertiary/aromatic N) is 4. The highest BCUT2D eigenvalue weighted by molar-refractivity contribution is 5.92. The first-order valence-corrected chi connectivity index (χ1v) is 7.22. The monoisotopic (exact) mass is 285 g/mol. The van der Waals surface area contributed by atoms with Crippen LogP contribution in [0.3, 0.4) is 0 Å². The fourth-order valence-electron chi connectivity index (χ4n) is 2.76. The van der Waals surface area contributed by atoms with Gasteiger partial charge in [0, 0.05) is 24.6 Å². The van der Waals surface area contributed by atoms with E-state index in [0.717, 1.165) is 31.6 Å². The minimum Gasteiger partial charge on any atom is -0.324 e. The summed E-state index contributed by atoms with van der Waals surface area (Å²) in [6.07, 6.45) is 9.34. The van der Waals surface area contributed by atoms with E-state index < -0.39 is 0 Å². The number of likely N-dealkylation sites (tertiary alicyclic amines) is 1. The maximum atomic E-state index is 12.1. The first-order chi connectivity index (χ1) is 10.3. The zero-order chi connectivity index (χ0) is 14.5. The summed E-state index contributed by atoms with van der Waals surface area (Å²) in [7, 11) is 0. The van der Waals surface area contributed by atoms with Crippen LogP contribution in [0, 0.1) is 0 Å². The van der Waals surface area contributed by atoms with Crippen LogP contribution in [0.5, 0.6) is 0 Å². The van der Waals surface area contributed by atoms with E-state index in [0.29, 0.717) is 12.6 Å². The molecule has 0 unspecified atom stereocenters. The molecule has 1 atom stereocenters. The maximum Gasteiger partial charge on any atom is 0.238 e. The molecule has 6 heteroatoms. The van der Waals surface area contributed by atoms with Gasteiger partial charge in [0.15, 0.2) is 0 Å². The smallest absolute Gasteiger partial charge is 0.238 e. The van der Waals surface area contributed by atoms with E-state index in [-0.39, 0.29) is 5.91 Å². The van der Waals surface area contributed by atoms with Crippen molar-refractivity contribution in [3.05, 3.63) is 43.0 Å². The van der Waals surface area contributed by atoms with Crippen LogP contribution in [0.4, 0.5) is 5.69 Å². The van der Waals surface area contributed by atoms with Gasteiger partial charge in [0.05, 0.1) is 25.0 Å². The zero-order valence-corrected chi connectivity index (χ0v) is 11.9. The lowest BCUT2D eigenvalue weighted by molar-refractivity contribution is -0.117. The third-order valence-electron chi connectivity index (χ3n) is 3.75. The van der Waals surface area contributed by atoms with Gasteiger partial charge in [-0.2, -0.15) is 5.10 Å². The van der Waals surface area contributed by atoms with Gasteiger partial charge in [-0.15, -0.1) is 0 Å².